The largest absolute Gasteiger partial charge is 0.345 e. The molecular weight excluding hydrogens is 234 g/mol. The molecule has 1 unspecified atom stereocenters. The van der Waals surface area contributed by atoms with Crippen LogP contribution in [0.1, 0.15) is 43.4 Å². The molecule has 3 nitrogen and oxygen atoms in total. The minimum Gasteiger partial charge on any atom is -0.345 e. The van der Waals surface area contributed by atoms with Crippen LogP contribution in [0.15, 0.2) is 36.5 Å². The van der Waals surface area contributed by atoms with Crippen molar-refractivity contribution in [2.24, 2.45) is 5.92 Å². The van der Waals surface area contributed by atoms with Gasteiger partial charge in [0.05, 0.1) is 0 Å². The average Bonchev–Trinajstić information content (AvgIpc) is 2.81. The van der Waals surface area contributed by atoms with Gasteiger partial charge in [0, 0.05) is 24.5 Å². The van der Waals surface area contributed by atoms with Crippen LogP contribution in [-0.2, 0) is 6.54 Å². The first-order chi connectivity index (χ1) is 9.15. The van der Waals surface area contributed by atoms with Gasteiger partial charge in [-0.25, -0.2) is 4.98 Å². The monoisotopic (exact) mass is 257 g/mol. The molecule has 0 saturated carbocycles. The van der Waals surface area contributed by atoms with Crippen molar-refractivity contribution in [1.82, 2.24) is 15.3 Å². The molecule has 0 saturated heterocycles. The maximum Gasteiger partial charge on any atom is 0.103 e. The molecule has 0 aliphatic rings. The van der Waals surface area contributed by atoms with E-state index in [2.05, 4.69) is 59.5 Å². The van der Waals surface area contributed by atoms with E-state index in [9.17, 15) is 0 Å². The lowest BCUT2D eigenvalue weighted by molar-refractivity contribution is 0.427. The molecule has 1 aromatic heterocycles. The first-order valence-electron chi connectivity index (χ1n) is 6.94. The number of rotatable bonds is 6. The van der Waals surface area contributed by atoms with Crippen LogP contribution in [-0.4, -0.2) is 9.97 Å². The molecule has 3 heteroatoms. The molecule has 102 valence electrons. The first kappa shape index (κ1) is 13.8. The van der Waals surface area contributed by atoms with E-state index in [0.29, 0.717) is 12.0 Å². The molecular formula is C16H23N3. The number of H-pyrrole nitrogens is 1. The Morgan fingerprint density at radius 3 is 2.53 bits per heavy atom. The van der Waals surface area contributed by atoms with Crippen LogP contribution in [0.25, 0.3) is 0 Å². The molecule has 2 aromatic rings. The van der Waals surface area contributed by atoms with Gasteiger partial charge in [-0.1, -0.05) is 44.2 Å². The third-order valence-corrected chi connectivity index (χ3v) is 3.20. The minimum atomic E-state index is 0.393. The molecule has 1 aromatic carbocycles. The molecule has 19 heavy (non-hydrogen) atoms. The lowest BCUT2D eigenvalue weighted by Crippen LogP contribution is -2.22. The van der Waals surface area contributed by atoms with E-state index in [1.807, 2.05) is 13.1 Å². The number of nitrogens with zero attached hydrogens (tertiary/aromatic N) is 1. The van der Waals surface area contributed by atoms with Gasteiger partial charge >= 0.3 is 0 Å². The highest BCUT2D eigenvalue weighted by molar-refractivity contribution is 5.19. The molecule has 0 aliphatic heterocycles. The Bertz CT molecular complexity index is 488. The highest BCUT2D eigenvalue weighted by Gasteiger charge is 2.12. The number of aromatic nitrogens is 2. The highest BCUT2D eigenvalue weighted by Crippen LogP contribution is 2.21. The minimum absolute atomic E-state index is 0.393. The number of aryl methyl sites for hydroxylation is 1. The summed E-state index contributed by atoms with van der Waals surface area (Å²) in [6.45, 7) is 7.33. The summed E-state index contributed by atoms with van der Waals surface area (Å²) in [4.78, 5) is 7.50. The fourth-order valence-electron chi connectivity index (χ4n) is 2.29. The van der Waals surface area contributed by atoms with Crippen molar-refractivity contribution in [3.63, 3.8) is 0 Å². The third kappa shape index (κ3) is 4.21. The zero-order valence-corrected chi connectivity index (χ0v) is 12.0. The predicted octanol–water partition coefficient (Wildman–Crippen LogP) is 3.60. The van der Waals surface area contributed by atoms with Gasteiger partial charge < -0.3 is 10.3 Å². The molecule has 1 atom stereocenters. The van der Waals surface area contributed by atoms with E-state index >= 15 is 0 Å². The second-order valence-electron chi connectivity index (χ2n) is 5.47. The number of nitrogens with one attached hydrogen (secondary N) is 2. The Balaban J connectivity index is 2.02. The van der Waals surface area contributed by atoms with Gasteiger partial charge in [0.1, 0.15) is 5.82 Å². The van der Waals surface area contributed by atoms with Crippen LogP contribution in [0.5, 0.6) is 0 Å². The normalized spacial score (nSPS) is 12.8. The molecule has 0 radical (unpaired) electrons. The number of aromatic amines is 1. The number of benzene rings is 1. The lowest BCUT2D eigenvalue weighted by atomic mass is 9.97. The Kier molecular flexibility index (Phi) is 4.74. The van der Waals surface area contributed by atoms with E-state index in [1.54, 1.807) is 0 Å². The second-order valence-corrected chi connectivity index (χ2v) is 5.47. The van der Waals surface area contributed by atoms with Gasteiger partial charge in [-0.15, -0.1) is 0 Å². The molecule has 2 N–H and O–H groups in total. The van der Waals surface area contributed by atoms with Gasteiger partial charge in [0.15, 0.2) is 0 Å². The van der Waals surface area contributed by atoms with Gasteiger partial charge in [-0.3, -0.25) is 0 Å². The van der Waals surface area contributed by atoms with Crippen molar-refractivity contribution in [1.29, 1.82) is 0 Å². The molecule has 0 bridgehead atoms. The summed E-state index contributed by atoms with van der Waals surface area (Å²) in [5, 5.41) is 3.63. The average molecular weight is 257 g/mol. The van der Waals surface area contributed by atoms with Crippen LogP contribution in [0.4, 0.5) is 0 Å². The third-order valence-electron chi connectivity index (χ3n) is 3.20. The van der Waals surface area contributed by atoms with E-state index in [4.69, 9.17) is 0 Å². The van der Waals surface area contributed by atoms with Gasteiger partial charge in [-0.05, 0) is 24.8 Å². The van der Waals surface area contributed by atoms with Crippen molar-refractivity contribution in [2.75, 3.05) is 0 Å². The fourth-order valence-corrected chi connectivity index (χ4v) is 2.29. The van der Waals surface area contributed by atoms with Crippen LogP contribution in [0.3, 0.4) is 0 Å². The Labute approximate surface area is 115 Å². The Hall–Kier alpha value is -1.61. The molecule has 0 fully saturated rings. The van der Waals surface area contributed by atoms with Gasteiger partial charge in [-0.2, -0.15) is 0 Å². The van der Waals surface area contributed by atoms with Crippen molar-refractivity contribution < 1.29 is 0 Å². The van der Waals surface area contributed by atoms with E-state index in [0.717, 1.165) is 24.5 Å². The maximum absolute atomic E-state index is 4.23. The fraction of sp³-hybridized carbons (Fsp3) is 0.438. The standard InChI is InChI=1S/C16H23N3/c1-12(2)9-16(14-7-5-4-6-8-14)18-11-15-10-17-13(3)19-15/h4-8,10,12,16,18H,9,11H2,1-3H3,(H,17,19). The van der Waals surface area contributed by atoms with Crippen molar-refractivity contribution in [2.45, 2.75) is 39.8 Å². The summed E-state index contributed by atoms with van der Waals surface area (Å²) in [6.07, 6.45) is 3.04. The van der Waals surface area contributed by atoms with Crippen molar-refractivity contribution in [3.05, 3.63) is 53.6 Å². The summed E-state index contributed by atoms with van der Waals surface area (Å²) in [5.41, 5.74) is 2.50. The summed E-state index contributed by atoms with van der Waals surface area (Å²) < 4.78 is 0. The summed E-state index contributed by atoms with van der Waals surface area (Å²) in [5.74, 6) is 1.64. The zero-order chi connectivity index (χ0) is 13.7. The van der Waals surface area contributed by atoms with Crippen LogP contribution < -0.4 is 5.32 Å². The Morgan fingerprint density at radius 1 is 1.21 bits per heavy atom. The first-order valence-corrected chi connectivity index (χ1v) is 6.94. The smallest absolute Gasteiger partial charge is 0.103 e. The van der Waals surface area contributed by atoms with Crippen LogP contribution >= 0.6 is 0 Å². The quantitative estimate of drug-likeness (QED) is 0.830. The van der Waals surface area contributed by atoms with Crippen molar-refractivity contribution >= 4 is 0 Å². The Morgan fingerprint density at radius 2 is 1.95 bits per heavy atom. The highest BCUT2D eigenvalue weighted by atomic mass is 15.0. The van der Waals surface area contributed by atoms with Gasteiger partial charge in [0.25, 0.3) is 0 Å². The predicted molar refractivity (Wildman–Crippen MR) is 78.8 cm³/mol. The molecule has 1 heterocycles. The van der Waals surface area contributed by atoms with E-state index in [-0.39, 0.29) is 0 Å². The van der Waals surface area contributed by atoms with Crippen LogP contribution in [0, 0.1) is 12.8 Å². The van der Waals surface area contributed by atoms with E-state index in [1.165, 1.54) is 5.56 Å². The topological polar surface area (TPSA) is 40.7 Å². The van der Waals surface area contributed by atoms with Gasteiger partial charge in [0.2, 0.25) is 0 Å². The lowest BCUT2D eigenvalue weighted by Gasteiger charge is -2.21. The van der Waals surface area contributed by atoms with Crippen molar-refractivity contribution in [3.8, 4) is 0 Å². The van der Waals surface area contributed by atoms with Crippen LogP contribution in [0.2, 0.25) is 0 Å². The summed E-state index contributed by atoms with van der Waals surface area (Å²) >= 11 is 0. The second kappa shape index (κ2) is 6.53. The molecule has 0 spiro atoms. The summed E-state index contributed by atoms with van der Waals surface area (Å²) in [7, 11) is 0. The molecule has 0 aliphatic carbocycles. The maximum atomic E-state index is 4.23. The SMILES string of the molecule is Cc1ncc(CNC(CC(C)C)c2ccccc2)[nH]1. The number of hydrogen-bond donors (Lipinski definition) is 2. The molecule has 2 rings (SSSR count). The molecule has 0 amide bonds. The number of hydrogen-bond acceptors (Lipinski definition) is 2. The zero-order valence-electron chi connectivity index (χ0n) is 12.0. The number of imidazole rings is 1. The van der Waals surface area contributed by atoms with E-state index < -0.39 is 0 Å². The summed E-state index contributed by atoms with van der Waals surface area (Å²) in [6, 6.07) is 11.0.